The number of rotatable bonds is 4. The first-order chi connectivity index (χ1) is 12.6. The molecule has 130 valence electrons. The molecule has 0 atom stereocenters. The van der Waals surface area contributed by atoms with E-state index in [9.17, 15) is 4.39 Å². The van der Waals surface area contributed by atoms with E-state index in [1.165, 1.54) is 12.1 Å². The Bertz CT molecular complexity index is 1060. The van der Waals surface area contributed by atoms with E-state index in [0.717, 1.165) is 49.8 Å². The van der Waals surface area contributed by atoms with Gasteiger partial charge in [-0.1, -0.05) is 41.2 Å². The maximum atomic E-state index is 13.2. The predicted octanol–water partition coefficient (Wildman–Crippen LogP) is 5.33. The van der Waals surface area contributed by atoms with E-state index in [-0.39, 0.29) is 5.82 Å². The van der Waals surface area contributed by atoms with Crippen LogP contribution in [0.15, 0.2) is 58.1 Å². The highest BCUT2D eigenvalue weighted by atomic mass is 32.2. The number of halogens is 1. The molecule has 4 nitrogen and oxygen atoms in total. The Hall–Kier alpha value is -2.73. The lowest BCUT2D eigenvalue weighted by Crippen LogP contribution is -1.94. The van der Waals surface area contributed by atoms with E-state index in [1.54, 1.807) is 23.9 Å². The second kappa shape index (κ2) is 6.88. The number of hydrogen-bond acceptors (Lipinski definition) is 5. The molecular weight excluding hydrogens is 349 g/mol. The van der Waals surface area contributed by atoms with Crippen molar-refractivity contribution in [2.45, 2.75) is 24.6 Å². The minimum Gasteiger partial charge on any atom is -0.361 e. The Balaban J connectivity index is 1.73. The van der Waals surface area contributed by atoms with Gasteiger partial charge in [-0.05, 0) is 38.1 Å². The molecule has 4 aromatic rings. The maximum Gasteiger partial charge on any atom is 0.137 e. The minimum atomic E-state index is -0.266. The summed E-state index contributed by atoms with van der Waals surface area (Å²) >= 11 is 1.61. The summed E-state index contributed by atoms with van der Waals surface area (Å²) in [5.74, 6) is 1.28. The van der Waals surface area contributed by atoms with Gasteiger partial charge < -0.3 is 4.52 Å². The highest BCUT2D eigenvalue weighted by Crippen LogP contribution is 2.33. The fraction of sp³-hybridized carbons (Fsp3) is 0.150. The van der Waals surface area contributed by atoms with Crippen molar-refractivity contribution in [2.75, 3.05) is 0 Å². The third kappa shape index (κ3) is 3.08. The fourth-order valence-corrected chi connectivity index (χ4v) is 3.98. The largest absolute Gasteiger partial charge is 0.361 e. The Labute approximate surface area is 154 Å². The molecule has 4 rings (SSSR count). The molecule has 0 bridgehead atoms. The first kappa shape index (κ1) is 16.7. The summed E-state index contributed by atoms with van der Waals surface area (Å²) in [7, 11) is 0. The molecule has 0 aliphatic rings. The van der Waals surface area contributed by atoms with Crippen LogP contribution >= 0.6 is 11.8 Å². The number of aryl methyl sites for hydroxylation is 2. The highest BCUT2D eigenvalue weighted by molar-refractivity contribution is 7.98. The van der Waals surface area contributed by atoms with E-state index < -0.39 is 0 Å². The van der Waals surface area contributed by atoms with Gasteiger partial charge >= 0.3 is 0 Å². The molecule has 0 saturated heterocycles. The van der Waals surface area contributed by atoms with Crippen LogP contribution < -0.4 is 0 Å². The fourth-order valence-electron chi connectivity index (χ4n) is 2.86. The van der Waals surface area contributed by atoms with Crippen molar-refractivity contribution in [1.29, 1.82) is 0 Å². The van der Waals surface area contributed by atoms with Crippen LogP contribution in [0.3, 0.4) is 0 Å². The second-order valence-corrected chi connectivity index (χ2v) is 6.96. The lowest BCUT2D eigenvalue weighted by molar-refractivity contribution is 0.392. The summed E-state index contributed by atoms with van der Waals surface area (Å²) in [6.45, 7) is 3.85. The average Bonchev–Trinajstić information content (AvgIpc) is 2.98. The van der Waals surface area contributed by atoms with E-state index in [0.29, 0.717) is 0 Å². The molecule has 0 saturated carbocycles. The van der Waals surface area contributed by atoms with Crippen molar-refractivity contribution in [3.63, 3.8) is 0 Å². The number of aromatic nitrogens is 3. The number of benzene rings is 2. The topological polar surface area (TPSA) is 51.8 Å². The normalized spacial score (nSPS) is 11.2. The number of fused-ring (bicyclic) bond motifs is 1. The number of thioether (sulfide) groups is 1. The zero-order valence-electron chi connectivity index (χ0n) is 14.4. The predicted molar refractivity (Wildman–Crippen MR) is 100 cm³/mol. The molecule has 0 N–H and O–H groups in total. The molecule has 0 fully saturated rings. The summed E-state index contributed by atoms with van der Waals surface area (Å²) in [6.07, 6.45) is 0. The summed E-state index contributed by atoms with van der Waals surface area (Å²) in [5.41, 5.74) is 3.58. The van der Waals surface area contributed by atoms with Crippen LogP contribution in [-0.2, 0) is 5.75 Å². The smallest absolute Gasteiger partial charge is 0.137 e. The quantitative estimate of drug-likeness (QED) is 0.457. The monoisotopic (exact) mass is 365 g/mol. The zero-order valence-corrected chi connectivity index (χ0v) is 15.2. The van der Waals surface area contributed by atoms with E-state index in [1.807, 2.05) is 38.1 Å². The van der Waals surface area contributed by atoms with Crippen LogP contribution in [0.4, 0.5) is 4.39 Å². The lowest BCUT2D eigenvalue weighted by atomic mass is 10.1. The van der Waals surface area contributed by atoms with Gasteiger partial charge in [-0.25, -0.2) is 4.39 Å². The van der Waals surface area contributed by atoms with Crippen molar-refractivity contribution in [3.8, 4) is 11.3 Å². The van der Waals surface area contributed by atoms with Gasteiger partial charge in [-0.15, -0.1) is 10.2 Å². The SMILES string of the molecule is Cc1noc(C)c1CSc1nnc(-c2ccc(F)cc2)c2ccccc12. The molecule has 26 heavy (non-hydrogen) atoms. The molecule has 0 aliphatic carbocycles. The van der Waals surface area contributed by atoms with Gasteiger partial charge in [-0.2, -0.15) is 0 Å². The third-order valence-corrected chi connectivity index (χ3v) is 5.31. The van der Waals surface area contributed by atoms with Gasteiger partial charge in [-0.3, -0.25) is 0 Å². The average molecular weight is 365 g/mol. The van der Waals surface area contributed by atoms with Crippen LogP contribution in [-0.4, -0.2) is 15.4 Å². The number of nitrogens with zero attached hydrogens (tertiary/aromatic N) is 3. The molecule has 0 radical (unpaired) electrons. The standard InChI is InChI=1S/C20H16FN3OS/c1-12-18(13(2)25-24-12)11-26-20-17-6-4-3-5-16(17)19(22-23-20)14-7-9-15(21)10-8-14/h3-10H,11H2,1-2H3. The van der Waals surface area contributed by atoms with Crippen LogP contribution in [0.5, 0.6) is 0 Å². The molecule has 6 heteroatoms. The highest BCUT2D eigenvalue weighted by Gasteiger charge is 2.14. The van der Waals surface area contributed by atoms with Gasteiger partial charge in [0.2, 0.25) is 0 Å². The summed E-state index contributed by atoms with van der Waals surface area (Å²) < 4.78 is 18.5. The van der Waals surface area contributed by atoms with Gasteiger partial charge in [0.15, 0.2) is 0 Å². The maximum absolute atomic E-state index is 13.2. The zero-order chi connectivity index (χ0) is 18.1. The van der Waals surface area contributed by atoms with Gasteiger partial charge in [0.05, 0.1) is 5.69 Å². The second-order valence-electron chi connectivity index (χ2n) is 6.00. The van der Waals surface area contributed by atoms with Crippen LogP contribution in [0.2, 0.25) is 0 Å². The Morgan fingerprint density at radius 3 is 2.38 bits per heavy atom. The Morgan fingerprint density at radius 1 is 0.962 bits per heavy atom. The van der Waals surface area contributed by atoms with Crippen LogP contribution in [0.25, 0.3) is 22.0 Å². The summed E-state index contributed by atoms with van der Waals surface area (Å²) in [6, 6.07) is 14.3. The van der Waals surface area contributed by atoms with E-state index in [2.05, 4.69) is 15.4 Å². The molecule has 0 unspecified atom stereocenters. The van der Waals surface area contributed by atoms with Crippen LogP contribution in [0, 0.1) is 19.7 Å². The van der Waals surface area contributed by atoms with Crippen LogP contribution in [0.1, 0.15) is 17.0 Å². The molecular formula is C20H16FN3OS. The number of hydrogen-bond donors (Lipinski definition) is 0. The Morgan fingerprint density at radius 2 is 1.69 bits per heavy atom. The van der Waals surface area contributed by atoms with Crippen molar-refractivity contribution in [2.24, 2.45) is 0 Å². The van der Waals surface area contributed by atoms with Gasteiger partial charge in [0.25, 0.3) is 0 Å². The first-order valence-corrected chi connectivity index (χ1v) is 9.18. The molecule has 0 aliphatic heterocycles. The molecule has 0 amide bonds. The van der Waals surface area contributed by atoms with E-state index >= 15 is 0 Å². The van der Waals surface area contributed by atoms with Crippen molar-refractivity contribution >= 4 is 22.5 Å². The Kier molecular flexibility index (Phi) is 4.42. The van der Waals surface area contributed by atoms with Crippen molar-refractivity contribution in [3.05, 3.63) is 71.4 Å². The molecule has 0 spiro atoms. The van der Waals surface area contributed by atoms with Gasteiger partial charge in [0, 0.05) is 27.7 Å². The van der Waals surface area contributed by atoms with Crippen molar-refractivity contribution in [1.82, 2.24) is 15.4 Å². The summed E-state index contributed by atoms with van der Waals surface area (Å²) in [5, 5.41) is 15.7. The first-order valence-electron chi connectivity index (χ1n) is 8.19. The lowest BCUT2D eigenvalue weighted by Gasteiger charge is -2.09. The summed E-state index contributed by atoms with van der Waals surface area (Å²) in [4.78, 5) is 0. The minimum absolute atomic E-state index is 0.266. The molecule has 2 aromatic carbocycles. The van der Waals surface area contributed by atoms with Gasteiger partial charge in [0.1, 0.15) is 22.3 Å². The molecule has 2 aromatic heterocycles. The molecule has 2 heterocycles. The van der Waals surface area contributed by atoms with Crippen molar-refractivity contribution < 1.29 is 8.91 Å². The van der Waals surface area contributed by atoms with E-state index in [4.69, 9.17) is 4.52 Å². The third-order valence-electron chi connectivity index (χ3n) is 4.31.